The van der Waals surface area contributed by atoms with Gasteiger partial charge in [0.25, 0.3) is 5.91 Å². The maximum absolute atomic E-state index is 13.5. The molecule has 0 spiro atoms. The number of nitrogens with zero attached hydrogens (tertiary/aromatic N) is 1. The van der Waals surface area contributed by atoms with Crippen LogP contribution in [0, 0.1) is 17.5 Å². The van der Waals surface area contributed by atoms with Gasteiger partial charge in [-0.15, -0.1) is 0 Å². The SMILES string of the molecule is CNC(=O)COC1CN(C(=O)c2c(F)cc(F)cc2F)C1. The number of rotatable bonds is 4. The third-order valence-corrected chi connectivity index (χ3v) is 3.08. The second-order valence-electron chi connectivity index (χ2n) is 4.56. The van der Waals surface area contributed by atoms with Gasteiger partial charge in [-0.3, -0.25) is 9.59 Å². The summed E-state index contributed by atoms with van der Waals surface area (Å²) in [5.74, 6) is -4.75. The first-order valence-electron chi connectivity index (χ1n) is 6.18. The second kappa shape index (κ2) is 6.13. The maximum Gasteiger partial charge on any atom is 0.260 e. The molecule has 1 aromatic rings. The molecule has 0 aromatic heterocycles. The highest BCUT2D eigenvalue weighted by Crippen LogP contribution is 2.21. The molecule has 0 radical (unpaired) electrons. The lowest BCUT2D eigenvalue weighted by Crippen LogP contribution is -2.55. The fourth-order valence-corrected chi connectivity index (χ4v) is 1.88. The quantitative estimate of drug-likeness (QED) is 0.890. The van der Waals surface area contributed by atoms with E-state index in [0.717, 1.165) is 4.90 Å². The van der Waals surface area contributed by atoms with Crippen LogP contribution in [0.3, 0.4) is 0 Å². The van der Waals surface area contributed by atoms with E-state index in [1.54, 1.807) is 0 Å². The lowest BCUT2D eigenvalue weighted by Gasteiger charge is -2.38. The number of hydrogen-bond donors (Lipinski definition) is 1. The second-order valence-corrected chi connectivity index (χ2v) is 4.56. The van der Waals surface area contributed by atoms with Gasteiger partial charge in [0.1, 0.15) is 29.6 Å². The van der Waals surface area contributed by atoms with Crippen LogP contribution < -0.4 is 5.32 Å². The Morgan fingerprint density at radius 3 is 2.38 bits per heavy atom. The minimum Gasteiger partial charge on any atom is -0.365 e. The summed E-state index contributed by atoms with van der Waals surface area (Å²) >= 11 is 0. The molecule has 8 heteroatoms. The minimum absolute atomic E-state index is 0.117. The number of carbonyl (C=O) groups is 2. The Labute approximate surface area is 118 Å². The summed E-state index contributed by atoms with van der Waals surface area (Å²) < 4.78 is 44.9. The summed E-state index contributed by atoms with van der Waals surface area (Å²) in [6.45, 7) is 0.0840. The van der Waals surface area contributed by atoms with E-state index in [2.05, 4.69) is 5.32 Å². The Balaban J connectivity index is 1.94. The van der Waals surface area contributed by atoms with Gasteiger partial charge in [-0.25, -0.2) is 13.2 Å². The summed E-state index contributed by atoms with van der Waals surface area (Å²) in [5.41, 5.74) is -0.791. The van der Waals surface area contributed by atoms with Crippen LogP contribution in [0.25, 0.3) is 0 Å². The Bertz CT molecular complexity index is 551. The number of ether oxygens (including phenoxy) is 1. The maximum atomic E-state index is 13.5. The van der Waals surface area contributed by atoms with Crippen LogP contribution in [0.5, 0.6) is 0 Å². The summed E-state index contributed by atoms with van der Waals surface area (Å²) in [6.07, 6.45) is -0.363. The number of likely N-dealkylation sites (N-methyl/N-ethyl adjacent to an activating group) is 1. The molecule has 2 rings (SSSR count). The van der Waals surface area contributed by atoms with Crippen molar-refractivity contribution in [3.63, 3.8) is 0 Å². The zero-order valence-electron chi connectivity index (χ0n) is 11.2. The molecular formula is C13H13F3N2O3. The molecule has 0 aliphatic carbocycles. The van der Waals surface area contributed by atoms with Crippen molar-refractivity contribution in [1.29, 1.82) is 0 Å². The Morgan fingerprint density at radius 1 is 1.29 bits per heavy atom. The number of amides is 2. The molecule has 0 unspecified atom stereocenters. The molecule has 0 atom stereocenters. The first-order chi connectivity index (χ1) is 9.92. The summed E-state index contributed by atoms with van der Waals surface area (Å²) in [4.78, 5) is 24.0. The van der Waals surface area contributed by atoms with Crippen LogP contribution in [0.4, 0.5) is 13.2 Å². The number of halogens is 3. The molecule has 114 valence electrons. The molecule has 2 amide bonds. The van der Waals surface area contributed by atoms with Gasteiger partial charge in [0.05, 0.1) is 6.10 Å². The Hall–Kier alpha value is -2.09. The molecule has 1 fully saturated rings. The molecule has 21 heavy (non-hydrogen) atoms. The van der Waals surface area contributed by atoms with E-state index in [0.29, 0.717) is 12.1 Å². The van der Waals surface area contributed by atoms with E-state index in [4.69, 9.17) is 4.74 Å². The number of nitrogens with one attached hydrogen (secondary N) is 1. The summed E-state index contributed by atoms with van der Waals surface area (Å²) in [6, 6.07) is 0.908. The van der Waals surface area contributed by atoms with Crippen molar-refractivity contribution in [2.24, 2.45) is 0 Å². The van der Waals surface area contributed by atoms with Gasteiger partial charge in [-0.05, 0) is 0 Å². The zero-order chi connectivity index (χ0) is 15.6. The van der Waals surface area contributed by atoms with Crippen LogP contribution in [-0.2, 0) is 9.53 Å². The zero-order valence-corrected chi connectivity index (χ0v) is 11.2. The fraction of sp³-hybridized carbons (Fsp3) is 0.385. The smallest absolute Gasteiger partial charge is 0.260 e. The number of hydrogen-bond acceptors (Lipinski definition) is 3. The first-order valence-corrected chi connectivity index (χ1v) is 6.18. The number of likely N-dealkylation sites (tertiary alicyclic amines) is 1. The van der Waals surface area contributed by atoms with E-state index in [9.17, 15) is 22.8 Å². The van der Waals surface area contributed by atoms with Crippen molar-refractivity contribution in [2.75, 3.05) is 26.7 Å². The van der Waals surface area contributed by atoms with Gasteiger partial charge in [-0.1, -0.05) is 0 Å². The van der Waals surface area contributed by atoms with E-state index in [1.807, 2.05) is 0 Å². The highest BCUT2D eigenvalue weighted by atomic mass is 19.1. The van der Waals surface area contributed by atoms with Crippen molar-refractivity contribution >= 4 is 11.8 Å². The monoisotopic (exact) mass is 302 g/mol. The van der Waals surface area contributed by atoms with Crippen LogP contribution in [0.15, 0.2) is 12.1 Å². The van der Waals surface area contributed by atoms with Crippen LogP contribution in [-0.4, -0.2) is 49.6 Å². The third-order valence-electron chi connectivity index (χ3n) is 3.08. The molecule has 1 aliphatic rings. The average molecular weight is 302 g/mol. The predicted molar refractivity (Wildman–Crippen MR) is 66.0 cm³/mol. The number of benzene rings is 1. The van der Waals surface area contributed by atoms with Crippen molar-refractivity contribution in [2.45, 2.75) is 6.10 Å². The van der Waals surface area contributed by atoms with Gasteiger partial charge in [0.15, 0.2) is 0 Å². The molecule has 1 heterocycles. The van der Waals surface area contributed by atoms with E-state index in [-0.39, 0.29) is 31.7 Å². The fourth-order valence-electron chi connectivity index (χ4n) is 1.88. The predicted octanol–water partition coefficient (Wildman–Crippen LogP) is 0.691. The molecule has 1 N–H and O–H groups in total. The van der Waals surface area contributed by atoms with Gasteiger partial charge < -0.3 is 15.0 Å². The minimum atomic E-state index is -1.24. The molecule has 5 nitrogen and oxygen atoms in total. The number of carbonyl (C=O) groups excluding carboxylic acids is 2. The van der Waals surface area contributed by atoms with E-state index in [1.165, 1.54) is 7.05 Å². The van der Waals surface area contributed by atoms with Gasteiger partial charge in [0, 0.05) is 32.3 Å². The molecule has 1 saturated heterocycles. The molecule has 0 bridgehead atoms. The largest absolute Gasteiger partial charge is 0.365 e. The van der Waals surface area contributed by atoms with Crippen molar-refractivity contribution in [3.8, 4) is 0 Å². The Morgan fingerprint density at radius 2 is 1.86 bits per heavy atom. The van der Waals surface area contributed by atoms with Crippen molar-refractivity contribution < 1.29 is 27.5 Å². The topological polar surface area (TPSA) is 58.6 Å². The summed E-state index contributed by atoms with van der Waals surface area (Å²) in [7, 11) is 1.46. The normalized spacial score (nSPS) is 14.8. The van der Waals surface area contributed by atoms with E-state index < -0.39 is 28.9 Å². The average Bonchev–Trinajstić information content (AvgIpc) is 2.35. The van der Waals surface area contributed by atoms with Crippen molar-refractivity contribution in [3.05, 3.63) is 35.1 Å². The highest BCUT2D eigenvalue weighted by Gasteiger charge is 2.34. The molecular weight excluding hydrogens is 289 g/mol. The van der Waals surface area contributed by atoms with Gasteiger partial charge >= 0.3 is 0 Å². The summed E-state index contributed by atoms with van der Waals surface area (Å²) in [5, 5.41) is 2.37. The van der Waals surface area contributed by atoms with E-state index >= 15 is 0 Å². The third kappa shape index (κ3) is 3.33. The van der Waals surface area contributed by atoms with Crippen molar-refractivity contribution in [1.82, 2.24) is 10.2 Å². The van der Waals surface area contributed by atoms with Crippen LogP contribution >= 0.6 is 0 Å². The lowest BCUT2D eigenvalue weighted by atomic mass is 10.1. The molecule has 1 aromatic carbocycles. The first kappa shape index (κ1) is 15.3. The molecule has 0 saturated carbocycles. The van der Waals surface area contributed by atoms with Crippen LogP contribution in [0.1, 0.15) is 10.4 Å². The highest BCUT2D eigenvalue weighted by molar-refractivity contribution is 5.95. The standard InChI is InChI=1S/C13H13F3N2O3/c1-17-11(19)6-21-8-4-18(5-8)13(20)12-9(15)2-7(14)3-10(12)16/h2-3,8H,4-6H2,1H3,(H,17,19). The van der Waals surface area contributed by atoms with Gasteiger partial charge in [-0.2, -0.15) is 0 Å². The van der Waals surface area contributed by atoms with Crippen LogP contribution in [0.2, 0.25) is 0 Å². The molecule has 1 aliphatic heterocycles. The Kier molecular flexibility index (Phi) is 4.46. The van der Waals surface area contributed by atoms with Gasteiger partial charge in [0.2, 0.25) is 5.91 Å². The lowest BCUT2D eigenvalue weighted by molar-refractivity contribution is -0.130.